The minimum absolute atomic E-state index is 0.322. The van der Waals surface area contributed by atoms with E-state index in [-0.39, 0.29) is 0 Å². The molecule has 1 unspecified atom stereocenters. The minimum Gasteiger partial charge on any atom is -0.481 e. The van der Waals surface area contributed by atoms with Crippen LogP contribution >= 0.6 is 11.3 Å². The third-order valence-electron chi connectivity index (χ3n) is 2.55. The number of ether oxygens (including phenoxy) is 1. The van der Waals surface area contributed by atoms with Crippen LogP contribution in [-0.2, 0) is 6.42 Å². The van der Waals surface area contributed by atoms with Gasteiger partial charge in [-0.3, -0.25) is 0 Å². The van der Waals surface area contributed by atoms with Crippen LogP contribution in [0.2, 0.25) is 0 Å². The summed E-state index contributed by atoms with van der Waals surface area (Å²) in [7, 11) is 1.60. The Balaban J connectivity index is 1.96. The number of hydrogen-bond acceptors (Lipinski definition) is 5. The molecule has 2 heterocycles. The number of nitrogens with zero attached hydrogens (tertiary/aromatic N) is 2. The summed E-state index contributed by atoms with van der Waals surface area (Å²) in [6.45, 7) is 4.27. The number of hydrogen-bond donors (Lipinski definition) is 1. The van der Waals surface area contributed by atoms with Crippen LogP contribution in [-0.4, -0.2) is 23.1 Å². The predicted octanol–water partition coefficient (Wildman–Crippen LogP) is 2.90. The van der Waals surface area contributed by atoms with E-state index in [2.05, 4.69) is 41.3 Å². The van der Waals surface area contributed by atoms with Crippen molar-refractivity contribution in [1.29, 1.82) is 0 Å². The Kier molecular flexibility index (Phi) is 4.15. The highest BCUT2D eigenvalue weighted by Crippen LogP contribution is 2.18. The second kappa shape index (κ2) is 5.82. The average Bonchev–Trinajstić information content (AvgIpc) is 2.74. The lowest BCUT2D eigenvalue weighted by Gasteiger charge is -2.13. The van der Waals surface area contributed by atoms with Gasteiger partial charge in [-0.05, 0) is 26.0 Å². The average molecular weight is 263 g/mol. The van der Waals surface area contributed by atoms with Crippen molar-refractivity contribution in [3.8, 4) is 5.88 Å². The highest BCUT2D eigenvalue weighted by Gasteiger charge is 2.07. The van der Waals surface area contributed by atoms with Gasteiger partial charge < -0.3 is 10.1 Å². The Labute approximate surface area is 111 Å². The fourth-order valence-electron chi connectivity index (χ4n) is 1.73. The molecule has 0 radical (unpaired) electrons. The van der Waals surface area contributed by atoms with Crippen molar-refractivity contribution in [2.24, 2.45) is 0 Å². The van der Waals surface area contributed by atoms with Crippen LogP contribution in [0.15, 0.2) is 24.5 Å². The third kappa shape index (κ3) is 3.43. The van der Waals surface area contributed by atoms with Crippen molar-refractivity contribution in [3.63, 3.8) is 0 Å². The summed E-state index contributed by atoms with van der Waals surface area (Å²) < 4.78 is 5.07. The quantitative estimate of drug-likeness (QED) is 0.901. The van der Waals surface area contributed by atoms with E-state index in [4.69, 9.17) is 4.74 Å². The molecule has 0 aliphatic rings. The van der Waals surface area contributed by atoms with Crippen LogP contribution in [0.25, 0.3) is 0 Å². The molecule has 0 bridgehead atoms. The molecule has 0 saturated heterocycles. The molecular weight excluding hydrogens is 246 g/mol. The Bertz CT molecular complexity index is 512. The van der Waals surface area contributed by atoms with Gasteiger partial charge in [-0.25, -0.2) is 9.97 Å². The monoisotopic (exact) mass is 263 g/mol. The molecule has 2 aromatic heterocycles. The van der Waals surface area contributed by atoms with E-state index < -0.39 is 0 Å². The first kappa shape index (κ1) is 12.8. The lowest BCUT2D eigenvalue weighted by Crippen LogP contribution is -2.18. The standard InChI is InChI=1S/C13H17N3OS/c1-9(6-11-5-4-10(2)18-11)16-12-7-13(17-3)15-8-14-12/h4-5,7-9H,6H2,1-3H3,(H,14,15,16). The van der Waals surface area contributed by atoms with Crippen LogP contribution in [0.4, 0.5) is 5.82 Å². The maximum Gasteiger partial charge on any atom is 0.218 e. The summed E-state index contributed by atoms with van der Waals surface area (Å²) in [6.07, 6.45) is 2.49. The zero-order valence-electron chi connectivity index (χ0n) is 10.8. The van der Waals surface area contributed by atoms with E-state index in [1.54, 1.807) is 13.2 Å². The van der Waals surface area contributed by atoms with Gasteiger partial charge in [-0.2, -0.15) is 0 Å². The normalized spacial score (nSPS) is 12.2. The van der Waals surface area contributed by atoms with Crippen molar-refractivity contribution in [1.82, 2.24) is 9.97 Å². The van der Waals surface area contributed by atoms with Crippen LogP contribution < -0.4 is 10.1 Å². The second-order valence-corrected chi connectivity index (χ2v) is 5.58. The van der Waals surface area contributed by atoms with Gasteiger partial charge in [0.1, 0.15) is 12.1 Å². The first-order valence-corrected chi connectivity index (χ1v) is 6.67. The summed E-state index contributed by atoms with van der Waals surface area (Å²) in [5, 5.41) is 3.35. The van der Waals surface area contributed by atoms with E-state index in [0.29, 0.717) is 11.9 Å². The summed E-state index contributed by atoms with van der Waals surface area (Å²) in [5.74, 6) is 1.37. The molecule has 0 aliphatic heterocycles. The molecule has 0 fully saturated rings. The second-order valence-electron chi connectivity index (χ2n) is 4.21. The Morgan fingerprint density at radius 1 is 1.39 bits per heavy atom. The zero-order chi connectivity index (χ0) is 13.0. The first-order chi connectivity index (χ1) is 8.67. The van der Waals surface area contributed by atoms with Gasteiger partial charge in [0.15, 0.2) is 0 Å². The van der Waals surface area contributed by atoms with Gasteiger partial charge in [0.25, 0.3) is 0 Å². The third-order valence-corrected chi connectivity index (χ3v) is 3.57. The minimum atomic E-state index is 0.322. The number of aromatic nitrogens is 2. The first-order valence-electron chi connectivity index (χ1n) is 5.85. The highest BCUT2D eigenvalue weighted by atomic mass is 32.1. The molecule has 96 valence electrons. The summed E-state index contributed by atoms with van der Waals surface area (Å²) in [6, 6.07) is 6.46. The lowest BCUT2D eigenvalue weighted by atomic mass is 10.2. The Hall–Kier alpha value is -1.62. The van der Waals surface area contributed by atoms with Gasteiger partial charge >= 0.3 is 0 Å². The van der Waals surface area contributed by atoms with Crippen molar-refractivity contribution >= 4 is 17.2 Å². The number of rotatable bonds is 5. The molecule has 0 saturated carbocycles. The largest absolute Gasteiger partial charge is 0.481 e. The molecule has 1 N–H and O–H groups in total. The van der Waals surface area contributed by atoms with Gasteiger partial charge in [0.2, 0.25) is 5.88 Å². The molecule has 2 rings (SSSR count). The summed E-state index contributed by atoms with van der Waals surface area (Å²) in [4.78, 5) is 10.9. The molecule has 1 atom stereocenters. The molecule has 2 aromatic rings. The number of anilines is 1. The van der Waals surface area contributed by atoms with Crippen molar-refractivity contribution < 1.29 is 4.74 Å². The Morgan fingerprint density at radius 2 is 2.22 bits per heavy atom. The van der Waals surface area contributed by atoms with E-state index >= 15 is 0 Å². The maximum absolute atomic E-state index is 5.07. The van der Waals surface area contributed by atoms with Crippen molar-refractivity contribution in [3.05, 3.63) is 34.3 Å². The molecule has 0 aromatic carbocycles. The maximum atomic E-state index is 5.07. The summed E-state index contributed by atoms with van der Waals surface area (Å²) >= 11 is 1.84. The SMILES string of the molecule is COc1cc(NC(C)Cc2ccc(C)s2)ncn1. The molecule has 18 heavy (non-hydrogen) atoms. The van der Waals surface area contributed by atoms with E-state index in [0.717, 1.165) is 12.2 Å². The highest BCUT2D eigenvalue weighted by molar-refractivity contribution is 7.11. The molecule has 4 nitrogen and oxygen atoms in total. The number of thiophene rings is 1. The summed E-state index contributed by atoms with van der Waals surface area (Å²) in [5.41, 5.74) is 0. The molecular formula is C13H17N3OS. The number of aryl methyl sites for hydroxylation is 1. The van der Waals surface area contributed by atoms with E-state index in [1.807, 2.05) is 11.3 Å². The fraction of sp³-hybridized carbons (Fsp3) is 0.385. The molecule has 5 heteroatoms. The smallest absolute Gasteiger partial charge is 0.218 e. The Morgan fingerprint density at radius 3 is 2.89 bits per heavy atom. The van der Waals surface area contributed by atoms with Gasteiger partial charge in [0.05, 0.1) is 7.11 Å². The predicted molar refractivity (Wildman–Crippen MR) is 74.4 cm³/mol. The molecule has 0 spiro atoms. The van der Waals surface area contributed by atoms with Crippen LogP contribution in [0.5, 0.6) is 5.88 Å². The number of nitrogens with one attached hydrogen (secondary N) is 1. The van der Waals surface area contributed by atoms with E-state index in [1.165, 1.54) is 16.1 Å². The van der Waals surface area contributed by atoms with Gasteiger partial charge in [0, 0.05) is 28.3 Å². The number of methoxy groups -OCH3 is 1. The van der Waals surface area contributed by atoms with Crippen LogP contribution in [0, 0.1) is 6.92 Å². The molecule has 0 amide bonds. The van der Waals surface area contributed by atoms with E-state index in [9.17, 15) is 0 Å². The zero-order valence-corrected chi connectivity index (χ0v) is 11.6. The van der Waals surface area contributed by atoms with Crippen LogP contribution in [0.1, 0.15) is 16.7 Å². The van der Waals surface area contributed by atoms with Crippen LogP contribution in [0.3, 0.4) is 0 Å². The topological polar surface area (TPSA) is 47.0 Å². The lowest BCUT2D eigenvalue weighted by molar-refractivity contribution is 0.397. The van der Waals surface area contributed by atoms with Gasteiger partial charge in [-0.1, -0.05) is 0 Å². The fourth-order valence-corrected chi connectivity index (χ4v) is 2.75. The van der Waals surface area contributed by atoms with Crippen molar-refractivity contribution in [2.45, 2.75) is 26.3 Å². The van der Waals surface area contributed by atoms with Crippen molar-refractivity contribution in [2.75, 3.05) is 12.4 Å². The molecule has 0 aliphatic carbocycles. The van der Waals surface area contributed by atoms with Gasteiger partial charge in [-0.15, -0.1) is 11.3 Å².